The zero-order valence-corrected chi connectivity index (χ0v) is 16.1. The summed E-state index contributed by atoms with van der Waals surface area (Å²) in [6.07, 6.45) is 4.75. The highest BCUT2D eigenvalue weighted by Gasteiger charge is 2.30. The molecule has 1 aliphatic carbocycles. The second kappa shape index (κ2) is 8.95. The zero-order chi connectivity index (χ0) is 19.2. The average Bonchev–Trinajstić information content (AvgIpc) is 2.68. The van der Waals surface area contributed by atoms with Gasteiger partial charge in [0, 0.05) is 36.5 Å². The van der Waals surface area contributed by atoms with Crippen molar-refractivity contribution in [3.05, 3.63) is 36.5 Å². The molecule has 0 spiro atoms. The number of carbonyl (C=O) groups is 2. The highest BCUT2D eigenvalue weighted by Crippen LogP contribution is 2.30. The molecule has 1 heterocycles. The highest BCUT2D eigenvalue weighted by molar-refractivity contribution is 6.01. The number of anilines is 1. The van der Waals surface area contributed by atoms with E-state index in [-0.39, 0.29) is 23.7 Å². The van der Waals surface area contributed by atoms with E-state index in [2.05, 4.69) is 15.6 Å². The van der Waals surface area contributed by atoms with Gasteiger partial charge in [-0.05, 0) is 51.9 Å². The summed E-state index contributed by atoms with van der Waals surface area (Å²) in [5, 5.41) is 7.04. The Balaban J connectivity index is 1.52. The largest absolute Gasteiger partial charge is 0.355 e. The van der Waals surface area contributed by atoms with Crippen molar-refractivity contribution < 1.29 is 9.59 Å². The summed E-state index contributed by atoms with van der Waals surface area (Å²) in [6.45, 7) is 1.50. The van der Waals surface area contributed by atoms with Gasteiger partial charge in [-0.3, -0.25) is 14.6 Å². The van der Waals surface area contributed by atoms with E-state index < -0.39 is 0 Å². The Bertz CT molecular complexity index is 792. The van der Waals surface area contributed by atoms with E-state index in [0.29, 0.717) is 6.54 Å². The molecule has 0 bridgehead atoms. The fourth-order valence-electron chi connectivity index (χ4n) is 3.60. The molecule has 1 fully saturated rings. The van der Waals surface area contributed by atoms with Gasteiger partial charge in [0.15, 0.2) is 0 Å². The number of nitrogens with one attached hydrogen (secondary N) is 2. The summed E-state index contributed by atoms with van der Waals surface area (Å²) in [4.78, 5) is 31.4. The van der Waals surface area contributed by atoms with Crippen LogP contribution in [0, 0.1) is 11.8 Å². The molecule has 0 saturated heterocycles. The van der Waals surface area contributed by atoms with Crippen LogP contribution in [0.5, 0.6) is 0 Å². The molecule has 27 heavy (non-hydrogen) atoms. The number of amides is 2. The van der Waals surface area contributed by atoms with Crippen LogP contribution in [-0.4, -0.2) is 48.9 Å². The Morgan fingerprint density at radius 3 is 2.41 bits per heavy atom. The molecule has 0 radical (unpaired) electrons. The molecule has 0 atom stereocenters. The Kier molecular flexibility index (Phi) is 6.40. The van der Waals surface area contributed by atoms with Gasteiger partial charge in [-0.15, -0.1) is 0 Å². The van der Waals surface area contributed by atoms with Crippen LogP contribution in [-0.2, 0) is 9.59 Å². The molecular weight excluding hydrogens is 340 g/mol. The SMILES string of the molecule is CN(C)CCNC(=O)C1CCC(C(=O)Nc2cccc3cccnc23)CC1. The van der Waals surface area contributed by atoms with Crippen LogP contribution in [0.3, 0.4) is 0 Å². The van der Waals surface area contributed by atoms with Gasteiger partial charge >= 0.3 is 0 Å². The Labute approximate surface area is 160 Å². The van der Waals surface area contributed by atoms with E-state index in [1.54, 1.807) is 6.20 Å². The van der Waals surface area contributed by atoms with Crippen molar-refractivity contribution in [3.63, 3.8) is 0 Å². The van der Waals surface area contributed by atoms with Crippen molar-refractivity contribution in [2.75, 3.05) is 32.5 Å². The normalized spacial score (nSPS) is 19.8. The third-order valence-corrected chi connectivity index (χ3v) is 5.22. The number of hydrogen-bond donors (Lipinski definition) is 2. The van der Waals surface area contributed by atoms with Crippen LogP contribution >= 0.6 is 0 Å². The topological polar surface area (TPSA) is 74.3 Å². The number of benzene rings is 1. The molecular formula is C21H28N4O2. The van der Waals surface area contributed by atoms with Crippen LogP contribution in [0.25, 0.3) is 10.9 Å². The number of pyridine rings is 1. The first kappa shape index (κ1) is 19.3. The van der Waals surface area contributed by atoms with Crippen LogP contribution in [0.1, 0.15) is 25.7 Å². The van der Waals surface area contributed by atoms with Gasteiger partial charge in [0.2, 0.25) is 11.8 Å². The van der Waals surface area contributed by atoms with Gasteiger partial charge in [-0.1, -0.05) is 18.2 Å². The molecule has 2 aromatic rings. The van der Waals surface area contributed by atoms with E-state index in [0.717, 1.165) is 48.8 Å². The monoisotopic (exact) mass is 368 g/mol. The molecule has 1 saturated carbocycles. The third kappa shape index (κ3) is 5.04. The quantitative estimate of drug-likeness (QED) is 0.822. The lowest BCUT2D eigenvalue weighted by Gasteiger charge is -2.27. The van der Waals surface area contributed by atoms with Gasteiger partial charge in [-0.25, -0.2) is 0 Å². The molecule has 0 unspecified atom stereocenters. The van der Waals surface area contributed by atoms with Gasteiger partial charge in [0.1, 0.15) is 0 Å². The second-order valence-corrected chi connectivity index (χ2v) is 7.51. The van der Waals surface area contributed by atoms with Gasteiger partial charge in [-0.2, -0.15) is 0 Å². The second-order valence-electron chi connectivity index (χ2n) is 7.51. The summed E-state index contributed by atoms with van der Waals surface area (Å²) < 4.78 is 0. The fourth-order valence-corrected chi connectivity index (χ4v) is 3.60. The molecule has 1 aromatic heterocycles. The Morgan fingerprint density at radius 1 is 1.04 bits per heavy atom. The van der Waals surface area contributed by atoms with Crippen molar-refractivity contribution in [1.82, 2.24) is 15.2 Å². The molecule has 1 aromatic carbocycles. The lowest BCUT2D eigenvalue weighted by Crippen LogP contribution is -2.38. The van der Waals surface area contributed by atoms with Crippen molar-refractivity contribution in [1.29, 1.82) is 0 Å². The minimum Gasteiger partial charge on any atom is -0.355 e. The molecule has 144 valence electrons. The average molecular weight is 368 g/mol. The Hall–Kier alpha value is -2.47. The summed E-state index contributed by atoms with van der Waals surface area (Å²) in [5.74, 6) is 0.124. The van der Waals surface area contributed by atoms with Crippen molar-refractivity contribution in [3.8, 4) is 0 Å². The minimum absolute atomic E-state index is 0.0236. The van der Waals surface area contributed by atoms with Gasteiger partial charge in [0.25, 0.3) is 0 Å². The maximum absolute atomic E-state index is 12.7. The molecule has 0 aliphatic heterocycles. The van der Waals surface area contributed by atoms with E-state index in [1.807, 2.05) is 49.3 Å². The van der Waals surface area contributed by atoms with Crippen LogP contribution < -0.4 is 10.6 Å². The van der Waals surface area contributed by atoms with Crippen molar-refractivity contribution in [2.45, 2.75) is 25.7 Å². The zero-order valence-electron chi connectivity index (χ0n) is 16.1. The molecule has 6 heteroatoms. The Morgan fingerprint density at radius 2 is 1.70 bits per heavy atom. The molecule has 1 aliphatic rings. The fraction of sp³-hybridized carbons (Fsp3) is 0.476. The first-order chi connectivity index (χ1) is 13.0. The minimum atomic E-state index is -0.0465. The predicted octanol–water partition coefficient (Wildman–Crippen LogP) is 2.66. The number of hydrogen-bond acceptors (Lipinski definition) is 4. The first-order valence-corrected chi connectivity index (χ1v) is 9.61. The molecule has 2 N–H and O–H groups in total. The maximum atomic E-state index is 12.7. The van der Waals surface area contributed by atoms with Crippen LogP contribution in [0.2, 0.25) is 0 Å². The summed E-state index contributed by atoms with van der Waals surface area (Å²) >= 11 is 0. The molecule has 2 amide bonds. The number of para-hydroxylation sites is 1. The van der Waals surface area contributed by atoms with E-state index in [4.69, 9.17) is 0 Å². The maximum Gasteiger partial charge on any atom is 0.227 e. The molecule has 3 rings (SSSR count). The standard InChI is InChI=1S/C21H28N4O2/c1-25(2)14-13-23-20(26)16-8-10-17(11-9-16)21(27)24-18-7-3-5-15-6-4-12-22-19(15)18/h3-7,12,16-17H,8-11,13-14H2,1-2H3,(H,23,26)(H,24,27). The number of rotatable bonds is 6. The van der Waals surface area contributed by atoms with Gasteiger partial charge in [0.05, 0.1) is 11.2 Å². The van der Waals surface area contributed by atoms with Crippen LogP contribution in [0.15, 0.2) is 36.5 Å². The van der Waals surface area contributed by atoms with Crippen LogP contribution in [0.4, 0.5) is 5.69 Å². The summed E-state index contributed by atoms with van der Waals surface area (Å²) in [6, 6.07) is 9.67. The highest BCUT2D eigenvalue weighted by atomic mass is 16.2. The number of aromatic nitrogens is 1. The lowest BCUT2D eigenvalue weighted by molar-refractivity contribution is -0.128. The number of nitrogens with zero attached hydrogens (tertiary/aromatic N) is 2. The van der Waals surface area contributed by atoms with Crippen molar-refractivity contribution in [2.24, 2.45) is 11.8 Å². The molecule has 6 nitrogen and oxygen atoms in total. The first-order valence-electron chi connectivity index (χ1n) is 9.61. The smallest absolute Gasteiger partial charge is 0.227 e. The summed E-state index contributed by atoms with van der Waals surface area (Å²) in [7, 11) is 3.98. The van der Waals surface area contributed by atoms with E-state index >= 15 is 0 Å². The van der Waals surface area contributed by atoms with E-state index in [9.17, 15) is 9.59 Å². The van der Waals surface area contributed by atoms with E-state index in [1.165, 1.54) is 0 Å². The van der Waals surface area contributed by atoms with Crippen molar-refractivity contribution >= 4 is 28.4 Å². The third-order valence-electron chi connectivity index (χ3n) is 5.22. The number of likely N-dealkylation sites (N-methyl/N-ethyl adjacent to an activating group) is 1. The summed E-state index contributed by atoms with van der Waals surface area (Å²) in [5.41, 5.74) is 1.56. The van der Waals surface area contributed by atoms with Gasteiger partial charge < -0.3 is 15.5 Å². The predicted molar refractivity (Wildman–Crippen MR) is 107 cm³/mol. The number of fused-ring (bicyclic) bond motifs is 1. The number of carbonyl (C=O) groups excluding carboxylic acids is 2. The lowest BCUT2D eigenvalue weighted by atomic mass is 9.81.